The Morgan fingerprint density at radius 3 is 2.36 bits per heavy atom. The molecule has 0 aliphatic carbocycles. The first-order valence-corrected chi connectivity index (χ1v) is 9.70. The maximum absolute atomic E-state index is 12.6. The number of pyridine rings is 1. The average Bonchev–Trinajstić information content (AvgIpc) is 2.50. The van der Waals surface area contributed by atoms with E-state index < -0.39 is 21.9 Å². The first-order valence-electron chi connectivity index (χ1n) is 7.71. The smallest absolute Gasteiger partial charge is 0.353 e. The van der Waals surface area contributed by atoms with E-state index in [0.29, 0.717) is 51.4 Å². The molecule has 6 nitrogen and oxygen atoms in total. The Bertz CT molecular complexity index is 692. The quantitative estimate of drug-likeness (QED) is 0.583. The van der Waals surface area contributed by atoms with Gasteiger partial charge in [-0.2, -0.15) is 21.6 Å². The highest BCUT2D eigenvalue weighted by Gasteiger charge is 2.32. The molecule has 1 fully saturated rings. The molecular formula is C14H19ClF3N3O3S. The van der Waals surface area contributed by atoms with Crippen molar-refractivity contribution in [1.82, 2.24) is 9.88 Å². The van der Waals surface area contributed by atoms with Crippen molar-refractivity contribution >= 4 is 27.5 Å². The molecule has 1 aromatic heterocycles. The minimum Gasteiger partial charge on any atom is -0.353 e. The monoisotopic (exact) mass is 401 g/mol. The minimum absolute atomic E-state index is 0.0311. The zero-order valence-electron chi connectivity index (χ0n) is 13.3. The van der Waals surface area contributed by atoms with Crippen LogP contribution in [-0.2, 0) is 16.3 Å². The molecule has 1 aliphatic heterocycles. The van der Waals surface area contributed by atoms with Crippen LogP contribution in [0, 0.1) is 0 Å². The fourth-order valence-electron chi connectivity index (χ4n) is 2.62. The molecule has 2 heterocycles. The van der Waals surface area contributed by atoms with E-state index in [-0.39, 0.29) is 10.8 Å². The molecule has 11 heteroatoms. The van der Waals surface area contributed by atoms with Gasteiger partial charge in [-0.15, -0.1) is 0 Å². The van der Waals surface area contributed by atoms with Gasteiger partial charge in [-0.05, 0) is 25.5 Å². The molecule has 0 amide bonds. The maximum atomic E-state index is 12.6. The first kappa shape index (κ1) is 20.2. The topological polar surface area (TPSA) is 73.7 Å². The molecule has 2 rings (SSSR count). The van der Waals surface area contributed by atoms with Gasteiger partial charge in [0, 0.05) is 32.4 Å². The lowest BCUT2D eigenvalue weighted by molar-refractivity contribution is -0.137. The molecule has 0 aromatic carbocycles. The van der Waals surface area contributed by atoms with Crippen molar-refractivity contribution in [2.75, 3.05) is 43.4 Å². The summed E-state index contributed by atoms with van der Waals surface area (Å²) in [7, 11) is -3.92. The summed E-state index contributed by atoms with van der Waals surface area (Å²) in [6.45, 7) is 3.17. The van der Waals surface area contributed by atoms with Crippen LogP contribution in [0.5, 0.6) is 0 Å². The van der Waals surface area contributed by atoms with Crippen LogP contribution < -0.4 is 4.90 Å². The van der Waals surface area contributed by atoms with Gasteiger partial charge in [-0.1, -0.05) is 11.6 Å². The van der Waals surface area contributed by atoms with Crippen molar-refractivity contribution in [2.45, 2.75) is 19.0 Å². The van der Waals surface area contributed by atoms with Crippen molar-refractivity contribution in [3.8, 4) is 0 Å². The lowest BCUT2D eigenvalue weighted by atomic mass is 10.2. The summed E-state index contributed by atoms with van der Waals surface area (Å²) in [6.07, 6.45) is -2.68. The van der Waals surface area contributed by atoms with Gasteiger partial charge in [-0.25, -0.2) is 4.98 Å². The number of unbranched alkanes of at least 4 members (excludes halogenated alkanes) is 1. The molecule has 142 valence electrons. The summed E-state index contributed by atoms with van der Waals surface area (Å²) in [5.74, 6) is 0.0820. The largest absolute Gasteiger partial charge is 0.417 e. The Morgan fingerprint density at radius 1 is 1.20 bits per heavy atom. The van der Waals surface area contributed by atoms with E-state index in [9.17, 15) is 21.6 Å². The van der Waals surface area contributed by atoms with Crippen molar-refractivity contribution < 1.29 is 26.1 Å². The second-order valence-corrected chi connectivity index (χ2v) is 7.83. The van der Waals surface area contributed by atoms with Crippen LogP contribution in [0.15, 0.2) is 12.3 Å². The van der Waals surface area contributed by atoms with Gasteiger partial charge < -0.3 is 4.90 Å². The van der Waals surface area contributed by atoms with E-state index in [1.165, 1.54) is 0 Å². The predicted molar refractivity (Wildman–Crippen MR) is 88.6 cm³/mol. The molecule has 0 bridgehead atoms. The minimum atomic E-state index is -4.48. The number of halogens is 4. The van der Waals surface area contributed by atoms with Crippen molar-refractivity contribution in [1.29, 1.82) is 0 Å². The summed E-state index contributed by atoms with van der Waals surface area (Å²) in [6, 6.07) is 0.881. The lowest BCUT2D eigenvalue weighted by Gasteiger charge is -2.35. The van der Waals surface area contributed by atoms with Gasteiger partial charge in [0.25, 0.3) is 10.1 Å². The van der Waals surface area contributed by atoms with Gasteiger partial charge >= 0.3 is 6.18 Å². The number of hydrogen-bond acceptors (Lipinski definition) is 5. The summed E-state index contributed by atoms with van der Waals surface area (Å²) in [5.41, 5.74) is -0.876. The molecule has 0 radical (unpaired) electrons. The van der Waals surface area contributed by atoms with Crippen molar-refractivity contribution in [2.24, 2.45) is 0 Å². The SMILES string of the molecule is O=S(=O)(O)CCCCN1CCN(c2ncc(C(F)(F)F)cc2Cl)CC1. The molecule has 25 heavy (non-hydrogen) atoms. The van der Waals surface area contributed by atoms with Crippen LogP contribution >= 0.6 is 11.6 Å². The summed E-state index contributed by atoms with van der Waals surface area (Å²) in [4.78, 5) is 7.81. The molecule has 1 saturated heterocycles. The highest BCUT2D eigenvalue weighted by molar-refractivity contribution is 7.85. The molecule has 0 atom stereocenters. The van der Waals surface area contributed by atoms with E-state index >= 15 is 0 Å². The van der Waals surface area contributed by atoms with E-state index in [4.69, 9.17) is 16.2 Å². The van der Waals surface area contributed by atoms with Crippen LogP contribution in [0.25, 0.3) is 0 Å². The third-order valence-corrected chi connectivity index (χ3v) is 5.03. The normalized spacial score (nSPS) is 17.1. The standard InChI is InChI=1S/C14H19ClF3N3O3S/c15-12-9-11(14(16,17)18)10-19-13(12)21-6-4-20(5-7-21)3-1-2-8-25(22,23)24/h9-10H,1-8H2,(H,22,23,24). The number of anilines is 1. The summed E-state index contributed by atoms with van der Waals surface area (Å²) >= 11 is 5.95. The first-order chi connectivity index (χ1) is 11.6. The second-order valence-electron chi connectivity index (χ2n) is 5.85. The fourth-order valence-corrected chi connectivity index (χ4v) is 3.48. The van der Waals surface area contributed by atoms with Gasteiger partial charge in [0.2, 0.25) is 0 Å². The molecule has 0 spiro atoms. The summed E-state index contributed by atoms with van der Waals surface area (Å²) in [5, 5.41) is -0.0311. The third-order valence-electron chi connectivity index (χ3n) is 3.95. The van der Waals surface area contributed by atoms with E-state index in [1.54, 1.807) is 0 Å². The number of rotatable bonds is 6. The maximum Gasteiger partial charge on any atom is 0.417 e. The van der Waals surface area contributed by atoms with Gasteiger partial charge in [0.1, 0.15) is 5.82 Å². The predicted octanol–water partition coefficient (Wildman–Crippen LogP) is 2.54. The van der Waals surface area contributed by atoms with Crippen LogP contribution in [0.1, 0.15) is 18.4 Å². The number of hydrogen-bond donors (Lipinski definition) is 1. The van der Waals surface area contributed by atoms with E-state index in [0.717, 1.165) is 12.3 Å². The zero-order valence-corrected chi connectivity index (χ0v) is 14.9. The molecule has 1 aliphatic rings. The second kappa shape index (κ2) is 8.07. The molecule has 1 aromatic rings. The molecule has 0 saturated carbocycles. The van der Waals surface area contributed by atoms with Gasteiger partial charge in [0.05, 0.1) is 16.3 Å². The van der Waals surface area contributed by atoms with Gasteiger partial charge in [0.15, 0.2) is 0 Å². The Kier molecular flexibility index (Phi) is 6.52. The van der Waals surface area contributed by atoms with E-state index in [1.807, 2.05) is 4.90 Å². The molecular weight excluding hydrogens is 383 g/mol. The highest BCUT2D eigenvalue weighted by Crippen LogP contribution is 2.33. The van der Waals surface area contributed by atoms with Crippen molar-refractivity contribution in [3.05, 3.63) is 22.8 Å². The van der Waals surface area contributed by atoms with Crippen molar-refractivity contribution in [3.63, 3.8) is 0 Å². The highest BCUT2D eigenvalue weighted by atomic mass is 35.5. The Balaban J connectivity index is 1.84. The average molecular weight is 402 g/mol. The van der Waals surface area contributed by atoms with Crippen LogP contribution in [0.3, 0.4) is 0 Å². The zero-order chi connectivity index (χ0) is 18.7. The number of alkyl halides is 3. The Morgan fingerprint density at radius 2 is 1.84 bits per heavy atom. The lowest BCUT2D eigenvalue weighted by Crippen LogP contribution is -2.47. The fraction of sp³-hybridized carbons (Fsp3) is 0.643. The van der Waals surface area contributed by atoms with E-state index in [2.05, 4.69) is 9.88 Å². The Hall–Kier alpha value is -1.10. The van der Waals surface area contributed by atoms with Crippen LogP contribution in [0.2, 0.25) is 5.02 Å². The number of piperazine rings is 1. The third kappa shape index (κ3) is 6.28. The molecule has 0 unspecified atom stereocenters. The number of aromatic nitrogens is 1. The number of nitrogens with zero attached hydrogens (tertiary/aromatic N) is 3. The summed E-state index contributed by atoms with van der Waals surface area (Å²) < 4.78 is 67.9. The van der Waals surface area contributed by atoms with Crippen LogP contribution in [0.4, 0.5) is 19.0 Å². The molecule has 1 N–H and O–H groups in total. The Labute approximate surface area is 149 Å². The van der Waals surface area contributed by atoms with Gasteiger partial charge in [-0.3, -0.25) is 9.45 Å². The van der Waals surface area contributed by atoms with Crippen LogP contribution in [-0.4, -0.2) is 61.3 Å².